The van der Waals surface area contributed by atoms with Gasteiger partial charge in [0.15, 0.2) is 11.6 Å². The van der Waals surface area contributed by atoms with Crippen LogP contribution in [0.15, 0.2) is 58.7 Å². The molecule has 0 spiro atoms. The Bertz CT molecular complexity index is 3400. The Hall–Kier alpha value is -6.68. The minimum atomic E-state index is -0.686. The number of phenols is 1. The fraction of sp³-hybridized carbons (Fsp3) is 0.533. The van der Waals surface area contributed by atoms with Crippen LogP contribution in [0.5, 0.6) is 17.6 Å². The molecule has 22 heteroatoms. The first-order valence-corrected chi connectivity index (χ1v) is 30.4. The van der Waals surface area contributed by atoms with Gasteiger partial charge >= 0.3 is 12.1 Å². The molecule has 7 fully saturated rings. The second-order valence-electron chi connectivity index (χ2n) is 24.0. The molecule has 19 nitrogen and oxygen atoms in total. The predicted molar refractivity (Wildman–Crippen MR) is 306 cm³/mol. The van der Waals surface area contributed by atoms with Crippen LogP contribution in [-0.2, 0) is 14.3 Å². The number of benzene rings is 2. The van der Waals surface area contributed by atoms with E-state index in [9.17, 15) is 19.5 Å². The zero-order valence-electron chi connectivity index (χ0n) is 46.6. The van der Waals surface area contributed by atoms with Crippen LogP contribution in [0, 0.1) is 18.7 Å². The average molecular weight is 1160 g/mol. The van der Waals surface area contributed by atoms with Gasteiger partial charge in [0.1, 0.15) is 54.1 Å². The highest BCUT2D eigenvalue weighted by Gasteiger charge is 2.51. The van der Waals surface area contributed by atoms with Crippen molar-refractivity contribution < 1.29 is 42.6 Å². The van der Waals surface area contributed by atoms with Gasteiger partial charge < -0.3 is 49.2 Å². The minimum Gasteiger partial charge on any atom is -0.508 e. The second kappa shape index (κ2) is 22.1. The number of halogens is 2. The Balaban J connectivity index is 0.614. The molecule has 4 aromatic heterocycles. The van der Waals surface area contributed by atoms with Crippen molar-refractivity contribution in [3.63, 3.8) is 0 Å². The lowest BCUT2D eigenvalue weighted by molar-refractivity contribution is -0.141. The number of nitrogens with zero attached hydrogens (tertiary/aromatic N) is 9. The Labute approximate surface area is 484 Å². The maximum Gasteiger partial charge on any atom is 0.410 e. The van der Waals surface area contributed by atoms with Crippen LogP contribution in [0.1, 0.15) is 125 Å². The number of aromatic hydroxyl groups is 1. The van der Waals surface area contributed by atoms with Crippen LogP contribution in [0.2, 0.25) is 5.02 Å². The molecular formula is C60H69ClFN11O8S. The highest BCUT2D eigenvalue weighted by molar-refractivity contribution is 7.13. The van der Waals surface area contributed by atoms with E-state index in [4.69, 9.17) is 40.3 Å². The number of rotatable bonds is 17. The van der Waals surface area contributed by atoms with Crippen molar-refractivity contribution in [1.82, 2.24) is 50.4 Å². The lowest BCUT2D eigenvalue weighted by atomic mass is 9.91. The molecule has 6 saturated heterocycles. The van der Waals surface area contributed by atoms with Crippen molar-refractivity contribution in [2.45, 2.75) is 146 Å². The van der Waals surface area contributed by atoms with Crippen LogP contribution in [-0.4, -0.2) is 151 Å². The predicted octanol–water partition coefficient (Wildman–Crippen LogP) is 9.31. The smallest absolute Gasteiger partial charge is 0.410 e. The van der Waals surface area contributed by atoms with E-state index in [2.05, 4.69) is 35.6 Å². The van der Waals surface area contributed by atoms with Crippen LogP contribution < -0.4 is 25.0 Å². The molecule has 0 radical (unpaired) electrons. The molecule has 3 amide bonds. The number of ether oxygens (including phenoxy) is 3. The summed E-state index contributed by atoms with van der Waals surface area (Å²) in [4.78, 5) is 69.3. The van der Waals surface area contributed by atoms with Gasteiger partial charge in [-0.3, -0.25) is 19.5 Å². The lowest BCUT2D eigenvalue weighted by Crippen LogP contribution is -2.56. The molecule has 1 saturated carbocycles. The maximum absolute atomic E-state index is 17.1. The molecular weight excluding hydrogens is 1090 g/mol. The van der Waals surface area contributed by atoms with Crippen LogP contribution >= 0.6 is 22.9 Å². The second-order valence-corrected chi connectivity index (χ2v) is 25.3. The summed E-state index contributed by atoms with van der Waals surface area (Å²) in [5.74, 6) is -0.572. The number of carbonyl (C=O) groups is 3. The van der Waals surface area contributed by atoms with E-state index < -0.39 is 23.9 Å². The third-order valence-electron chi connectivity index (χ3n) is 18.2. The number of nitrogens with one attached hydrogen (secondary N) is 2. The Kier molecular flexibility index (Phi) is 14.7. The normalized spacial score (nSPS) is 24.3. The first-order chi connectivity index (χ1) is 39.7. The molecule has 10 heterocycles. The highest BCUT2D eigenvalue weighted by Crippen LogP contribution is 2.50. The van der Waals surface area contributed by atoms with E-state index in [1.807, 2.05) is 57.5 Å². The highest BCUT2D eigenvalue weighted by atomic mass is 35.5. The van der Waals surface area contributed by atoms with E-state index in [0.29, 0.717) is 85.2 Å². The quantitative estimate of drug-likeness (QED) is 0.0776. The van der Waals surface area contributed by atoms with E-state index in [0.717, 1.165) is 85.2 Å². The number of carbonyl (C=O) groups excluding carboxylic acids is 3. The van der Waals surface area contributed by atoms with Crippen molar-refractivity contribution in [1.29, 1.82) is 0 Å². The van der Waals surface area contributed by atoms with Crippen molar-refractivity contribution in [3.8, 4) is 39.3 Å². The number of amides is 3. The van der Waals surface area contributed by atoms with Crippen LogP contribution in [0.25, 0.3) is 32.6 Å². The summed E-state index contributed by atoms with van der Waals surface area (Å²) < 4.78 is 41.6. The number of aromatic nitrogens is 5. The van der Waals surface area contributed by atoms with E-state index >= 15 is 4.39 Å². The van der Waals surface area contributed by atoms with Gasteiger partial charge in [0, 0.05) is 60.6 Å². The van der Waals surface area contributed by atoms with Crippen molar-refractivity contribution in [2.75, 3.05) is 57.4 Å². The lowest BCUT2D eigenvalue weighted by Gasteiger charge is -2.38. The molecule has 1 aliphatic carbocycles. The number of aryl methyl sites for hydroxylation is 1. The molecule has 82 heavy (non-hydrogen) atoms. The van der Waals surface area contributed by atoms with Gasteiger partial charge in [-0.15, -0.1) is 11.3 Å². The third-order valence-corrected chi connectivity index (χ3v) is 19.5. The summed E-state index contributed by atoms with van der Waals surface area (Å²) in [5.41, 5.74) is 5.97. The Morgan fingerprint density at radius 3 is 2.50 bits per heavy atom. The number of thiazole rings is 1. The Morgan fingerprint density at radius 1 is 0.963 bits per heavy atom. The zero-order chi connectivity index (χ0) is 56.6. The van der Waals surface area contributed by atoms with Crippen LogP contribution in [0.4, 0.5) is 15.0 Å². The summed E-state index contributed by atoms with van der Waals surface area (Å²) in [6.07, 6.45) is 9.56. The zero-order valence-corrected chi connectivity index (χ0v) is 48.2. The minimum absolute atomic E-state index is 0.0183. The summed E-state index contributed by atoms with van der Waals surface area (Å²) in [6.45, 7) is 11.6. The number of phenolic OH excluding ortho intramolecular Hbond substituents is 1. The van der Waals surface area contributed by atoms with Crippen molar-refractivity contribution >= 4 is 57.6 Å². The molecule has 432 valence electrons. The van der Waals surface area contributed by atoms with Crippen molar-refractivity contribution in [3.05, 3.63) is 87.6 Å². The van der Waals surface area contributed by atoms with Gasteiger partial charge in [-0.25, -0.2) is 14.2 Å². The largest absolute Gasteiger partial charge is 0.508 e. The van der Waals surface area contributed by atoms with E-state index in [1.54, 1.807) is 33.4 Å². The molecule has 7 aliphatic rings. The summed E-state index contributed by atoms with van der Waals surface area (Å²) >= 11 is 8.27. The Morgan fingerprint density at radius 2 is 1.76 bits per heavy atom. The van der Waals surface area contributed by atoms with Gasteiger partial charge in [-0.2, -0.15) is 9.97 Å². The molecule has 3 unspecified atom stereocenters. The molecule has 3 N–H and O–H groups in total. The number of pyridine rings is 1. The molecule has 2 bridgehead atoms. The standard InChI is InChI=1S/C60H69ClFN11O8S/c1-32(2)49(57(76)72-19-5-7-46(72)56(75)65-33(3)35-8-12-37(13-9-35)54-34(4)64-31-82-54)47-23-48(69-81-47)80-42-27-71(28-42)59(77)78-29-40-16-18-60(17-6-20-73(40)60)30-79-58-67-53-44(55(68-58)70-25-38-14-15-39(26-70)66-38)24-63-52(51(53)62)43-21-41(74)22-45(61)50(43)36-10-11-36/h8-9,12-13,21-24,31-33,36,38-40,42,46,49,66,74H,5-7,10-11,14-20,25-30H2,1-4H3,(H,65,75)/t33-,38?,39?,40?,46-,49-,60+/m0/s1. The first kappa shape index (κ1) is 54.6. The monoisotopic (exact) mass is 1160 g/mol. The van der Waals surface area contributed by atoms with Gasteiger partial charge in [0.2, 0.25) is 11.8 Å². The number of likely N-dealkylation sites (tertiary alicyclic amines) is 2. The average Bonchev–Trinajstić information content (AvgIpc) is 3.54. The van der Waals surface area contributed by atoms with E-state index in [1.165, 1.54) is 12.1 Å². The molecule has 7 atom stereocenters. The third kappa shape index (κ3) is 10.5. The number of hydrogen-bond acceptors (Lipinski definition) is 17. The number of piperazine rings is 1. The number of hydrogen-bond donors (Lipinski definition) is 3. The summed E-state index contributed by atoms with van der Waals surface area (Å²) in [7, 11) is 0. The number of anilines is 1. The summed E-state index contributed by atoms with van der Waals surface area (Å²) in [5, 5.41) is 22.5. The van der Waals surface area contributed by atoms with E-state index in [-0.39, 0.29) is 89.4 Å². The SMILES string of the molecule is Cc1ncsc1-c1ccc([C@H](C)NC(=O)[C@@H]2CCCN2C(=O)[C@H](c2cc(OC3CN(C(=O)OCC4CC[C@@]5(COc6nc(N7CC8CCC(C7)N8)c7cnc(-c8cc(O)cc(Cl)c8C8CC8)c(F)c7n6)CCCN45)C3)no2)C(C)C)cc1. The summed E-state index contributed by atoms with van der Waals surface area (Å²) in [6, 6.07) is 12.6. The topological polar surface area (TPSA) is 214 Å². The van der Waals surface area contributed by atoms with Gasteiger partial charge in [-0.1, -0.05) is 49.7 Å². The fourth-order valence-corrected chi connectivity index (χ4v) is 14.9. The number of fused-ring (bicyclic) bond motifs is 4. The maximum atomic E-state index is 17.1. The molecule has 13 rings (SSSR count). The van der Waals surface area contributed by atoms with Gasteiger partial charge in [0.05, 0.1) is 46.1 Å². The van der Waals surface area contributed by atoms with Gasteiger partial charge in [-0.05, 0) is 130 Å². The van der Waals surface area contributed by atoms with Crippen LogP contribution in [0.3, 0.4) is 0 Å². The molecule has 6 aliphatic heterocycles. The molecule has 2 aromatic carbocycles. The molecule has 6 aromatic rings. The first-order valence-electron chi connectivity index (χ1n) is 29.1. The van der Waals surface area contributed by atoms with Gasteiger partial charge in [0.25, 0.3) is 5.88 Å². The fourth-order valence-electron chi connectivity index (χ4n) is 13.7. The van der Waals surface area contributed by atoms with Crippen molar-refractivity contribution in [2.24, 2.45) is 5.92 Å².